The molecule has 0 bridgehead atoms. The summed E-state index contributed by atoms with van der Waals surface area (Å²) >= 11 is 4.90. The molecule has 0 aliphatic carbocycles. The van der Waals surface area contributed by atoms with Crippen LogP contribution in [0.5, 0.6) is 0 Å². The van der Waals surface area contributed by atoms with E-state index in [1.54, 1.807) is 0 Å². The molecule has 0 fully saturated rings. The van der Waals surface area contributed by atoms with E-state index in [4.69, 9.17) is 18.0 Å². The van der Waals surface area contributed by atoms with Crippen LogP contribution in [0.2, 0.25) is 0 Å². The summed E-state index contributed by atoms with van der Waals surface area (Å²) in [5.74, 6) is 0. The van der Waals surface area contributed by atoms with Crippen molar-refractivity contribution in [1.82, 2.24) is 0 Å². The van der Waals surface area contributed by atoms with Gasteiger partial charge >= 0.3 is 0 Å². The van der Waals surface area contributed by atoms with Gasteiger partial charge in [-0.1, -0.05) is 26.1 Å². The van der Waals surface area contributed by atoms with Crippen molar-refractivity contribution in [1.29, 1.82) is 0 Å². The summed E-state index contributed by atoms with van der Waals surface area (Å²) in [4.78, 5) is 0.448. The maximum atomic E-state index is 5.53. The minimum absolute atomic E-state index is 0.448. The fourth-order valence-corrected chi connectivity index (χ4v) is 1.60. The molecule has 3 heteroatoms. The van der Waals surface area contributed by atoms with E-state index in [0.717, 1.165) is 24.1 Å². The number of rotatable bonds is 5. The van der Waals surface area contributed by atoms with E-state index >= 15 is 0 Å². The predicted octanol–water partition coefficient (Wildman–Crippen LogP) is 2.92. The van der Waals surface area contributed by atoms with Crippen LogP contribution in [-0.4, -0.2) is 11.0 Å². The second-order valence-electron chi connectivity index (χ2n) is 3.60. The summed E-state index contributed by atoms with van der Waals surface area (Å²) in [5, 5.41) is 3.46. The predicted molar refractivity (Wildman–Crippen MR) is 70.3 cm³/mol. The van der Waals surface area contributed by atoms with E-state index in [-0.39, 0.29) is 0 Å². The molecule has 0 aliphatic heterocycles. The molecule has 0 heterocycles. The van der Waals surface area contributed by atoms with Gasteiger partial charge < -0.3 is 11.1 Å². The third-order valence-corrected chi connectivity index (χ3v) is 2.76. The van der Waals surface area contributed by atoms with Gasteiger partial charge in [0.1, 0.15) is 4.99 Å². The zero-order valence-corrected chi connectivity index (χ0v) is 10.1. The van der Waals surface area contributed by atoms with Crippen LogP contribution in [0.1, 0.15) is 32.3 Å². The first-order valence-corrected chi connectivity index (χ1v) is 5.74. The summed E-state index contributed by atoms with van der Waals surface area (Å²) in [6.07, 6.45) is 2.26. The highest BCUT2D eigenvalue weighted by Crippen LogP contribution is 2.13. The molecule has 1 aromatic rings. The van der Waals surface area contributed by atoms with Gasteiger partial charge in [-0.3, -0.25) is 0 Å². The van der Waals surface area contributed by atoms with Crippen LogP contribution < -0.4 is 11.1 Å². The molecule has 0 saturated carbocycles. The Morgan fingerprint density at radius 3 is 2.20 bits per heavy atom. The first-order valence-electron chi connectivity index (χ1n) is 5.33. The molecule has 0 saturated heterocycles. The van der Waals surface area contributed by atoms with Crippen LogP contribution in [0.3, 0.4) is 0 Å². The third kappa shape index (κ3) is 3.51. The fourth-order valence-electron chi connectivity index (χ4n) is 1.46. The Balaban J connectivity index is 2.67. The van der Waals surface area contributed by atoms with E-state index in [1.165, 1.54) is 0 Å². The maximum absolute atomic E-state index is 5.53. The van der Waals surface area contributed by atoms with Gasteiger partial charge in [-0.2, -0.15) is 0 Å². The molecule has 0 radical (unpaired) electrons. The van der Waals surface area contributed by atoms with E-state index in [0.29, 0.717) is 11.0 Å². The van der Waals surface area contributed by atoms with Gasteiger partial charge in [-0.05, 0) is 37.1 Å². The van der Waals surface area contributed by atoms with E-state index in [1.807, 2.05) is 24.3 Å². The van der Waals surface area contributed by atoms with Crippen LogP contribution in [0.4, 0.5) is 5.69 Å². The zero-order valence-electron chi connectivity index (χ0n) is 9.29. The summed E-state index contributed by atoms with van der Waals surface area (Å²) in [5.41, 5.74) is 7.57. The Bertz CT molecular complexity index is 315. The summed E-state index contributed by atoms with van der Waals surface area (Å²) < 4.78 is 0. The molecule has 2 nitrogen and oxygen atoms in total. The fraction of sp³-hybridized carbons (Fsp3) is 0.417. The van der Waals surface area contributed by atoms with Crippen LogP contribution >= 0.6 is 12.2 Å². The molecule has 3 N–H and O–H groups in total. The van der Waals surface area contributed by atoms with Gasteiger partial charge in [-0.15, -0.1) is 0 Å². The van der Waals surface area contributed by atoms with E-state index in [9.17, 15) is 0 Å². The van der Waals surface area contributed by atoms with Crippen molar-refractivity contribution in [3.8, 4) is 0 Å². The Labute approximate surface area is 96.9 Å². The number of benzene rings is 1. The average Bonchev–Trinajstić information content (AvgIpc) is 2.26. The topological polar surface area (TPSA) is 38.0 Å². The molecule has 0 spiro atoms. The standard InChI is InChI=1S/C12H18N2S/c1-3-10(4-2)14-11-7-5-9(6-8-11)12(13)15/h5-8,10,14H,3-4H2,1-2H3,(H2,13,15). The summed E-state index contributed by atoms with van der Waals surface area (Å²) in [6, 6.07) is 8.49. The SMILES string of the molecule is CCC(CC)Nc1ccc(C(N)=S)cc1. The Hall–Kier alpha value is -1.09. The van der Waals surface area contributed by atoms with Crippen molar-refractivity contribution in [3.05, 3.63) is 29.8 Å². The normalized spacial score (nSPS) is 10.3. The van der Waals surface area contributed by atoms with Gasteiger partial charge in [0.05, 0.1) is 0 Å². The Morgan fingerprint density at radius 2 is 1.80 bits per heavy atom. The second-order valence-corrected chi connectivity index (χ2v) is 4.04. The largest absolute Gasteiger partial charge is 0.389 e. The summed E-state index contributed by atoms with van der Waals surface area (Å²) in [6.45, 7) is 4.37. The lowest BCUT2D eigenvalue weighted by Crippen LogP contribution is -2.17. The molecule has 0 aromatic heterocycles. The highest BCUT2D eigenvalue weighted by atomic mass is 32.1. The molecule has 0 unspecified atom stereocenters. The first-order chi connectivity index (χ1) is 7.17. The van der Waals surface area contributed by atoms with Crippen LogP contribution in [0.15, 0.2) is 24.3 Å². The molecular formula is C12H18N2S. The Morgan fingerprint density at radius 1 is 1.27 bits per heavy atom. The molecular weight excluding hydrogens is 204 g/mol. The number of thiocarbonyl (C=S) groups is 1. The molecule has 15 heavy (non-hydrogen) atoms. The molecule has 0 amide bonds. The van der Waals surface area contributed by atoms with Crippen LogP contribution in [0.25, 0.3) is 0 Å². The van der Waals surface area contributed by atoms with Crippen molar-refractivity contribution in [3.63, 3.8) is 0 Å². The second kappa shape index (κ2) is 5.71. The number of hydrogen-bond donors (Lipinski definition) is 2. The lowest BCUT2D eigenvalue weighted by atomic mass is 10.1. The lowest BCUT2D eigenvalue weighted by Gasteiger charge is -2.16. The molecule has 1 aromatic carbocycles. The highest BCUT2D eigenvalue weighted by Gasteiger charge is 2.02. The van der Waals surface area contributed by atoms with Crippen molar-refractivity contribution in [2.24, 2.45) is 5.73 Å². The van der Waals surface area contributed by atoms with E-state index < -0.39 is 0 Å². The number of nitrogens with two attached hydrogens (primary N) is 1. The van der Waals surface area contributed by atoms with Crippen molar-refractivity contribution >= 4 is 22.9 Å². The summed E-state index contributed by atoms with van der Waals surface area (Å²) in [7, 11) is 0. The smallest absolute Gasteiger partial charge is 0.103 e. The van der Waals surface area contributed by atoms with Crippen LogP contribution in [-0.2, 0) is 0 Å². The maximum Gasteiger partial charge on any atom is 0.103 e. The van der Waals surface area contributed by atoms with Crippen LogP contribution in [0, 0.1) is 0 Å². The van der Waals surface area contributed by atoms with Crippen molar-refractivity contribution < 1.29 is 0 Å². The average molecular weight is 222 g/mol. The first kappa shape index (κ1) is 12.0. The molecule has 0 atom stereocenters. The van der Waals surface area contributed by atoms with Crippen molar-refractivity contribution in [2.75, 3.05) is 5.32 Å². The number of anilines is 1. The zero-order chi connectivity index (χ0) is 11.3. The molecule has 1 rings (SSSR count). The quantitative estimate of drug-likeness (QED) is 0.752. The van der Waals surface area contributed by atoms with Gasteiger partial charge in [0.2, 0.25) is 0 Å². The van der Waals surface area contributed by atoms with Gasteiger partial charge in [0.15, 0.2) is 0 Å². The van der Waals surface area contributed by atoms with Gasteiger partial charge in [-0.25, -0.2) is 0 Å². The van der Waals surface area contributed by atoms with Gasteiger partial charge in [0, 0.05) is 17.3 Å². The Kier molecular flexibility index (Phi) is 4.56. The molecule has 82 valence electrons. The monoisotopic (exact) mass is 222 g/mol. The number of hydrogen-bond acceptors (Lipinski definition) is 2. The van der Waals surface area contributed by atoms with Gasteiger partial charge in [0.25, 0.3) is 0 Å². The lowest BCUT2D eigenvalue weighted by molar-refractivity contribution is 0.672. The molecule has 0 aliphatic rings. The van der Waals surface area contributed by atoms with Crippen molar-refractivity contribution in [2.45, 2.75) is 32.7 Å². The highest BCUT2D eigenvalue weighted by molar-refractivity contribution is 7.80. The minimum atomic E-state index is 0.448. The third-order valence-electron chi connectivity index (χ3n) is 2.53. The minimum Gasteiger partial charge on any atom is -0.389 e. The number of nitrogens with one attached hydrogen (secondary N) is 1. The van der Waals surface area contributed by atoms with E-state index in [2.05, 4.69) is 19.2 Å².